The van der Waals surface area contributed by atoms with Gasteiger partial charge in [-0.25, -0.2) is 9.78 Å². The maximum atomic E-state index is 14.5. The third kappa shape index (κ3) is 5.54. The standard InChI is InChI=1S/C29H34N2O6S/c1-28(2,3)22-12-11-20(15-23(22)36-5)26(32)31-24(25-30-13-14-38-25)21(18-35-4)17-29(31,37-27(33)34)16-19-9-7-6-8-10-19/h6-15,21,24H,16-18H2,1-5H3,(H,33,34)/t21-,24+,29-/m0/s1. The molecule has 0 unspecified atom stereocenters. The highest BCUT2D eigenvalue weighted by molar-refractivity contribution is 7.09. The molecule has 2 aromatic carbocycles. The number of aromatic nitrogens is 1. The summed E-state index contributed by atoms with van der Waals surface area (Å²) in [5.41, 5.74) is 0.518. The van der Waals surface area contributed by atoms with Crippen LogP contribution in [-0.2, 0) is 21.3 Å². The van der Waals surface area contributed by atoms with Gasteiger partial charge in [0.1, 0.15) is 10.8 Å². The number of thiazole rings is 1. The number of ether oxygens (including phenoxy) is 3. The van der Waals surface area contributed by atoms with Gasteiger partial charge in [0.15, 0.2) is 5.72 Å². The Bertz CT molecular complexity index is 1260. The molecule has 1 aliphatic rings. The Morgan fingerprint density at radius 1 is 1.16 bits per heavy atom. The van der Waals surface area contributed by atoms with Crippen molar-refractivity contribution in [3.05, 3.63) is 81.8 Å². The molecular formula is C29H34N2O6S. The van der Waals surface area contributed by atoms with Crippen LogP contribution in [0.15, 0.2) is 60.1 Å². The first-order valence-electron chi connectivity index (χ1n) is 12.5. The Labute approximate surface area is 227 Å². The molecule has 0 aliphatic carbocycles. The summed E-state index contributed by atoms with van der Waals surface area (Å²) in [7, 11) is 3.17. The van der Waals surface area contributed by atoms with E-state index in [2.05, 4.69) is 25.8 Å². The average Bonchev–Trinajstić information content (AvgIpc) is 3.49. The molecule has 0 spiro atoms. The predicted octanol–water partition coefficient (Wildman–Crippen LogP) is 5.93. The summed E-state index contributed by atoms with van der Waals surface area (Å²) >= 11 is 1.42. The molecule has 202 valence electrons. The van der Waals surface area contributed by atoms with Crippen LogP contribution in [0.25, 0.3) is 0 Å². The molecule has 1 N–H and O–H groups in total. The molecule has 1 aromatic heterocycles. The number of benzene rings is 2. The fourth-order valence-electron chi connectivity index (χ4n) is 5.40. The molecule has 3 atom stereocenters. The zero-order chi connectivity index (χ0) is 27.5. The summed E-state index contributed by atoms with van der Waals surface area (Å²) in [5.74, 6) is -0.0109. The minimum absolute atomic E-state index is 0.186. The minimum Gasteiger partial charge on any atom is -0.496 e. The molecular weight excluding hydrogens is 504 g/mol. The van der Waals surface area contributed by atoms with E-state index in [1.165, 1.54) is 11.3 Å². The van der Waals surface area contributed by atoms with Crippen molar-refractivity contribution in [2.24, 2.45) is 5.92 Å². The SMILES string of the molecule is COC[C@@H]1C[C@](Cc2ccccc2)(OC(=O)O)N(C(=O)c2ccc(C(C)(C)C)c(OC)c2)[C@H]1c1nccs1. The summed E-state index contributed by atoms with van der Waals surface area (Å²) in [6, 6.07) is 14.3. The maximum Gasteiger partial charge on any atom is 0.507 e. The zero-order valence-corrected chi connectivity index (χ0v) is 23.2. The van der Waals surface area contributed by atoms with E-state index >= 15 is 0 Å². The molecule has 8 nitrogen and oxygen atoms in total. The molecule has 0 saturated carbocycles. The number of rotatable bonds is 8. The van der Waals surface area contributed by atoms with Crippen LogP contribution < -0.4 is 4.74 Å². The highest BCUT2D eigenvalue weighted by Gasteiger charge is 2.58. The maximum absolute atomic E-state index is 14.5. The second kappa shape index (κ2) is 11.1. The van der Waals surface area contributed by atoms with E-state index in [0.717, 1.165) is 11.1 Å². The molecule has 1 amide bonds. The van der Waals surface area contributed by atoms with Gasteiger partial charge in [-0.15, -0.1) is 11.3 Å². The topological polar surface area (TPSA) is 98.2 Å². The lowest BCUT2D eigenvalue weighted by Crippen LogP contribution is -2.52. The van der Waals surface area contributed by atoms with Gasteiger partial charge >= 0.3 is 6.16 Å². The Kier molecular flexibility index (Phi) is 8.08. The first kappa shape index (κ1) is 27.6. The van der Waals surface area contributed by atoms with Gasteiger partial charge in [-0.05, 0) is 28.7 Å². The van der Waals surface area contributed by atoms with E-state index in [0.29, 0.717) is 22.9 Å². The van der Waals surface area contributed by atoms with Crippen molar-refractivity contribution in [2.45, 2.75) is 50.8 Å². The molecule has 1 aliphatic heterocycles. The fraction of sp³-hybridized carbons (Fsp3) is 0.414. The summed E-state index contributed by atoms with van der Waals surface area (Å²) in [5, 5.41) is 12.4. The summed E-state index contributed by atoms with van der Waals surface area (Å²) in [6.07, 6.45) is 0.680. The predicted molar refractivity (Wildman–Crippen MR) is 145 cm³/mol. The van der Waals surface area contributed by atoms with Crippen molar-refractivity contribution in [1.29, 1.82) is 0 Å². The van der Waals surface area contributed by atoms with Crippen LogP contribution in [0, 0.1) is 5.92 Å². The Hall–Kier alpha value is -3.43. The number of hydrogen-bond donors (Lipinski definition) is 1. The average molecular weight is 539 g/mol. The largest absolute Gasteiger partial charge is 0.507 e. The Balaban J connectivity index is 1.89. The van der Waals surface area contributed by atoms with Crippen molar-refractivity contribution in [3.8, 4) is 5.75 Å². The molecule has 1 fully saturated rings. The number of carbonyl (C=O) groups is 2. The number of carbonyl (C=O) groups excluding carboxylic acids is 1. The number of amides is 1. The Morgan fingerprint density at radius 2 is 1.89 bits per heavy atom. The van der Waals surface area contributed by atoms with Gasteiger partial charge in [0, 0.05) is 43.0 Å². The summed E-state index contributed by atoms with van der Waals surface area (Å²) in [4.78, 5) is 32.7. The van der Waals surface area contributed by atoms with E-state index in [1.54, 1.807) is 37.4 Å². The van der Waals surface area contributed by atoms with E-state index in [1.807, 2.05) is 41.8 Å². The van der Waals surface area contributed by atoms with E-state index in [4.69, 9.17) is 14.2 Å². The van der Waals surface area contributed by atoms with Gasteiger partial charge in [0.2, 0.25) is 0 Å². The number of nitrogens with zero attached hydrogens (tertiary/aromatic N) is 2. The lowest BCUT2D eigenvalue weighted by atomic mass is 9.85. The van der Waals surface area contributed by atoms with Crippen LogP contribution in [-0.4, -0.2) is 53.6 Å². The molecule has 1 saturated heterocycles. The van der Waals surface area contributed by atoms with Crippen molar-refractivity contribution >= 4 is 23.4 Å². The zero-order valence-electron chi connectivity index (χ0n) is 22.3. The molecule has 0 bridgehead atoms. The van der Waals surface area contributed by atoms with Crippen molar-refractivity contribution < 1.29 is 28.9 Å². The fourth-order valence-corrected chi connectivity index (χ4v) is 6.22. The van der Waals surface area contributed by atoms with Gasteiger partial charge in [0.25, 0.3) is 5.91 Å². The lowest BCUT2D eigenvalue weighted by molar-refractivity contribution is -0.0969. The molecule has 3 aromatic rings. The van der Waals surface area contributed by atoms with Crippen LogP contribution in [0.4, 0.5) is 4.79 Å². The van der Waals surface area contributed by atoms with Gasteiger partial charge < -0.3 is 19.3 Å². The number of hydrogen-bond acceptors (Lipinski definition) is 7. The van der Waals surface area contributed by atoms with Gasteiger partial charge in [-0.2, -0.15) is 0 Å². The monoisotopic (exact) mass is 538 g/mol. The van der Waals surface area contributed by atoms with Crippen LogP contribution in [0.2, 0.25) is 0 Å². The normalized spacial score (nSPS) is 21.3. The molecule has 0 radical (unpaired) electrons. The molecule has 4 rings (SSSR count). The van der Waals surface area contributed by atoms with E-state index in [9.17, 15) is 14.7 Å². The van der Waals surface area contributed by atoms with Gasteiger partial charge in [0.05, 0.1) is 19.8 Å². The number of methoxy groups -OCH3 is 2. The van der Waals surface area contributed by atoms with Crippen molar-refractivity contribution in [1.82, 2.24) is 9.88 Å². The van der Waals surface area contributed by atoms with Crippen LogP contribution >= 0.6 is 11.3 Å². The molecule has 2 heterocycles. The molecule has 38 heavy (non-hydrogen) atoms. The second-order valence-electron chi connectivity index (χ2n) is 10.6. The van der Waals surface area contributed by atoms with Crippen molar-refractivity contribution in [2.75, 3.05) is 20.8 Å². The molecule has 9 heteroatoms. The van der Waals surface area contributed by atoms with E-state index in [-0.39, 0.29) is 30.1 Å². The number of likely N-dealkylation sites (tertiary alicyclic amines) is 1. The minimum atomic E-state index is -1.47. The summed E-state index contributed by atoms with van der Waals surface area (Å²) in [6.45, 7) is 6.53. The quantitative estimate of drug-likeness (QED) is 0.355. The Morgan fingerprint density at radius 3 is 2.47 bits per heavy atom. The third-order valence-corrected chi connectivity index (χ3v) is 7.75. The van der Waals surface area contributed by atoms with Crippen LogP contribution in [0.3, 0.4) is 0 Å². The van der Waals surface area contributed by atoms with Gasteiger partial charge in [-0.1, -0.05) is 57.2 Å². The first-order chi connectivity index (χ1) is 18.1. The highest BCUT2D eigenvalue weighted by Crippen LogP contribution is 2.50. The number of carboxylic acid groups (broad SMARTS) is 1. The van der Waals surface area contributed by atoms with Crippen LogP contribution in [0.5, 0.6) is 5.75 Å². The van der Waals surface area contributed by atoms with Crippen molar-refractivity contribution in [3.63, 3.8) is 0 Å². The van der Waals surface area contributed by atoms with Crippen LogP contribution in [0.1, 0.15) is 59.7 Å². The smallest absolute Gasteiger partial charge is 0.496 e. The van der Waals surface area contributed by atoms with E-state index < -0.39 is 17.9 Å². The third-order valence-electron chi connectivity index (χ3n) is 6.91. The van der Waals surface area contributed by atoms with Gasteiger partial charge in [-0.3, -0.25) is 9.69 Å². The summed E-state index contributed by atoms with van der Waals surface area (Å²) < 4.78 is 16.9. The second-order valence-corrected chi connectivity index (χ2v) is 11.5. The lowest BCUT2D eigenvalue weighted by Gasteiger charge is -2.39. The highest BCUT2D eigenvalue weighted by atomic mass is 32.1. The first-order valence-corrected chi connectivity index (χ1v) is 13.3.